The molecule has 0 unspecified atom stereocenters. The van der Waals surface area contributed by atoms with Gasteiger partial charge in [0.1, 0.15) is 0 Å². The Hall–Kier alpha value is -1.09. The van der Waals surface area contributed by atoms with Crippen LogP contribution in [0.15, 0.2) is 18.9 Å². The van der Waals surface area contributed by atoms with Crippen LogP contribution in [0.25, 0.3) is 0 Å². The van der Waals surface area contributed by atoms with Gasteiger partial charge in [0.15, 0.2) is 0 Å². The van der Waals surface area contributed by atoms with E-state index >= 15 is 0 Å². The van der Waals surface area contributed by atoms with E-state index in [1.807, 2.05) is 12.3 Å². The molecule has 1 aromatic rings. The van der Waals surface area contributed by atoms with Gasteiger partial charge in [0.2, 0.25) is 0 Å². The third kappa shape index (κ3) is 3.98. The minimum Gasteiger partial charge on any atom is -0.310 e. The van der Waals surface area contributed by atoms with Crippen LogP contribution in [0.3, 0.4) is 0 Å². The van der Waals surface area contributed by atoms with E-state index in [9.17, 15) is 0 Å². The van der Waals surface area contributed by atoms with Crippen LogP contribution in [-0.2, 0) is 13.1 Å². The van der Waals surface area contributed by atoms with Gasteiger partial charge < -0.3 is 5.32 Å². The average molecular weight is 247 g/mol. The van der Waals surface area contributed by atoms with Gasteiger partial charge in [-0.25, -0.2) is 0 Å². The Labute approximate surface area is 110 Å². The molecule has 0 amide bonds. The van der Waals surface area contributed by atoms with E-state index < -0.39 is 0 Å². The van der Waals surface area contributed by atoms with Gasteiger partial charge in [-0.2, -0.15) is 5.10 Å². The van der Waals surface area contributed by atoms with Crippen LogP contribution in [-0.4, -0.2) is 15.8 Å². The third-order valence-corrected chi connectivity index (χ3v) is 3.64. The van der Waals surface area contributed by atoms with Crippen molar-refractivity contribution < 1.29 is 0 Å². The third-order valence-electron chi connectivity index (χ3n) is 3.64. The Bertz CT molecular complexity index is 377. The summed E-state index contributed by atoms with van der Waals surface area (Å²) in [7, 11) is 0. The summed E-state index contributed by atoms with van der Waals surface area (Å²) in [5, 5.41) is 8.04. The van der Waals surface area contributed by atoms with Crippen molar-refractivity contribution in [2.24, 2.45) is 0 Å². The zero-order valence-electron chi connectivity index (χ0n) is 11.5. The smallest absolute Gasteiger partial charge is 0.0537 e. The van der Waals surface area contributed by atoms with Gasteiger partial charge in [0, 0.05) is 30.4 Å². The SMILES string of the molecule is C=CCCCCCn1ncc(CNC2CC2)c1C. The number of allylic oxidation sites excluding steroid dienone is 1. The number of rotatable bonds is 9. The van der Waals surface area contributed by atoms with Gasteiger partial charge in [-0.15, -0.1) is 6.58 Å². The highest BCUT2D eigenvalue weighted by Gasteiger charge is 2.20. The molecule has 0 spiro atoms. The van der Waals surface area contributed by atoms with Crippen LogP contribution >= 0.6 is 0 Å². The van der Waals surface area contributed by atoms with E-state index in [2.05, 4.69) is 28.6 Å². The molecule has 0 saturated heterocycles. The molecule has 0 bridgehead atoms. The summed E-state index contributed by atoms with van der Waals surface area (Å²) in [6, 6.07) is 0.770. The summed E-state index contributed by atoms with van der Waals surface area (Å²) in [5.74, 6) is 0. The van der Waals surface area contributed by atoms with E-state index in [-0.39, 0.29) is 0 Å². The standard InChI is InChI=1S/C15H25N3/c1-3-4-5-6-7-10-18-13(2)14(12-17-18)11-16-15-8-9-15/h3,12,15-16H,1,4-11H2,2H3. The van der Waals surface area contributed by atoms with Crippen LogP contribution < -0.4 is 5.32 Å². The van der Waals surface area contributed by atoms with Gasteiger partial charge in [-0.05, 0) is 39.0 Å². The second-order valence-corrected chi connectivity index (χ2v) is 5.27. The first kappa shape index (κ1) is 13.3. The number of aryl methyl sites for hydroxylation is 1. The molecule has 100 valence electrons. The summed E-state index contributed by atoms with van der Waals surface area (Å²) in [5.41, 5.74) is 2.68. The predicted octanol–water partition coefficient (Wildman–Crippen LogP) is 3.19. The summed E-state index contributed by atoms with van der Waals surface area (Å²) >= 11 is 0. The molecule has 1 fully saturated rings. The first-order valence-corrected chi connectivity index (χ1v) is 7.17. The monoisotopic (exact) mass is 247 g/mol. The number of nitrogens with zero attached hydrogens (tertiary/aromatic N) is 2. The van der Waals surface area contributed by atoms with Crippen LogP contribution in [0, 0.1) is 6.92 Å². The van der Waals surface area contributed by atoms with E-state index in [4.69, 9.17) is 0 Å². The molecule has 2 rings (SSSR count). The Morgan fingerprint density at radius 2 is 2.28 bits per heavy atom. The highest BCUT2D eigenvalue weighted by molar-refractivity contribution is 5.16. The molecule has 1 saturated carbocycles. The fourth-order valence-corrected chi connectivity index (χ4v) is 2.15. The molecule has 1 aliphatic carbocycles. The molecule has 1 aliphatic rings. The molecule has 1 heterocycles. The van der Waals surface area contributed by atoms with Gasteiger partial charge in [-0.3, -0.25) is 4.68 Å². The second-order valence-electron chi connectivity index (χ2n) is 5.27. The van der Waals surface area contributed by atoms with Gasteiger partial charge >= 0.3 is 0 Å². The lowest BCUT2D eigenvalue weighted by Crippen LogP contribution is -2.15. The van der Waals surface area contributed by atoms with Crippen LogP contribution in [0.4, 0.5) is 0 Å². The van der Waals surface area contributed by atoms with Crippen molar-refractivity contribution >= 4 is 0 Å². The van der Waals surface area contributed by atoms with Gasteiger partial charge in [-0.1, -0.05) is 12.5 Å². The topological polar surface area (TPSA) is 29.9 Å². The van der Waals surface area contributed by atoms with Crippen LogP contribution in [0.2, 0.25) is 0 Å². The molecule has 0 atom stereocenters. The van der Waals surface area contributed by atoms with E-state index in [0.717, 1.165) is 25.6 Å². The molecule has 3 heteroatoms. The fourth-order valence-electron chi connectivity index (χ4n) is 2.15. The first-order valence-electron chi connectivity index (χ1n) is 7.17. The van der Waals surface area contributed by atoms with Crippen molar-refractivity contribution in [3.8, 4) is 0 Å². The van der Waals surface area contributed by atoms with E-state index in [1.165, 1.54) is 43.4 Å². The van der Waals surface area contributed by atoms with Crippen molar-refractivity contribution in [3.63, 3.8) is 0 Å². The maximum absolute atomic E-state index is 4.49. The largest absolute Gasteiger partial charge is 0.310 e. The lowest BCUT2D eigenvalue weighted by molar-refractivity contribution is 0.534. The van der Waals surface area contributed by atoms with Crippen molar-refractivity contribution in [1.82, 2.24) is 15.1 Å². The number of nitrogens with one attached hydrogen (secondary N) is 1. The summed E-state index contributed by atoms with van der Waals surface area (Å²) in [6.07, 6.45) is 11.6. The van der Waals surface area contributed by atoms with Crippen LogP contribution in [0.5, 0.6) is 0 Å². The fraction of sp³-hybridized carbons (Fsp3) is 0.667. The number of aromatic nitrogens is 2. The number of unbranched alkanes of at least 4 members (excludes halogenated alkanes) is 3. The molecule has 0 aliphatic heterocycles. The summed E-state index contributed by atoms with van der Waals surface area (Å²) < 4.78 is 2.15. The highest BCUT2D eigenvalue weighted by atomic mass is 15.3. The average Bonchev–Trinajstić information content (AvgIpc) is 3.13. The Morgan fingerprint density at radius 1 is 1.44 bits per heavy atom. The molecular formula is C15H25N3. The molecule has 1 N–H and O–H groups in total. The Morgan fingerprint density at radius 3 is 3.00 bits per heavy atom. The summed E-state index contributed by atoms with van der Waals surface area (Å²) in [4.78, 5) is 0. The lowest BCUT2D eigenvalue weighted by atomic mass is 10.2. The quantitative estimate of drug-likeness (QED) is 0.536. The number of hydrogen-bond acceptors (Lipinski definition) is 2. The van der Waals surface area contributed by atoms with E-state index in [1.54, 1.807) is 0 Å². The van der Waals surface area contributed by atoms with E-state index in [0.29, 0.717) is 0 Å². The molecule has 18 heavy (non-hydrogen) atoms. The lowest BCUT2D eigenvalue weighted by Gasteiger charge is -2.06. The second kappa shape index (κ2) is 6.74. The van der Waals surface area contributed by atoms with Crippen molar-refractivity contribution in [2.45, 2.75) is 64.6 Å². The highest BCUT2D eigenvalue weighted by Crippen LogP contribution is 2.20. The summed E-state index contributed by atoms with van der Waals surface area (Å²) in [6.45, 7) is 7.96. The zero-order valence-corrected chi connectivity index (χ0v) is 11.5. The molecule has 1 aromatic heterocycles. The predicted molar refractivity (Wildman–Crippen MR) is 75.5 cm³/mol. The zero-order chi connectivity index (χ0) is 12.8. The van der Waals surface area contributed by atoms with Crippen molar-refractivity contribution in [1.29, 1.82) is 0 Å². The minimum absolute atomic E-state index is 0.770. The Balaban J connectivity index is 1.72. The molecular weight excluding hydrogens is 222 g/mol. The first-order chi connectivity index (χ1) is 8.81. The van der Waals surface area contributed by atoms with Crippen LogP contribution in [0.1, 0.15) is 49.8 Å². The van der Waals surface area contributed by atoms with Crippen molar-refractivity contribution in [3.05, 3.63) is 30.1 Å². The minimum atomic E-state index is 0.770. The van der Waals surface area contributed by atoms with Gasteiger partial charge in [0.05, 0.1) is 6.20 Å². The Kier molecular flexibility index (Phi) is 5.00. The molecule has 3 nitrogen and oxygen atoms in total. The number of hydrogen-bond donors (Lipinski definition) is 1. The van der Waals surface area contributed by atoms with Gasteiger partial charge in [0.25, 0.3) is 0 Å². The molecule has 0 aromatic carbocycles. The maximum Gasteiger partial charge on any atom is 0.0537 e. The normalized spacial score (nSPS) is 14.9. The van der Waals surface area contributed by atoms with Crippen molar-refractivity contribution in [2.75, 3.05) is 0 Å². The maximum atomic E-state index is 4.49. The molecule has 0 radical (unpaired) electrons.